The van der Waals surface area contributed by atoms with E-state index in [2.05, 4.69) is 20.3 Å². The standard InChI is InChI=1S/C17H13F3N4O2S/c18-10-3-4-12(22-6-10)16(25)24-17-23-14(9-27-17)11-2-1-5-21-13(11)7-26-8-15(19)20/h1-6,9,15H,7-8H2,(H,23,24,25). The zero-order valence-corrected chi connectivity index (χ0v) is 14.5. The van der Waals surface area contributed by atoms with E-state index in [1.54, 1.807) is 17.5 Å². The second-order valence-corrected chi connectivity index (χ2v) is 6.12. The van der Waals surface area contributed by atoms with Gasteiger partial charge in [-0.25, -0.2) is 23.1 Å². The zero-order chi connectivity index (χ0) is 19.2. The van der Waals surface area contributed by atoms with E-state index in [0.717, 1.165) is 12.3 Å². The number of rotatable bonds is 7. The number of thiazole rings is 1. The predicted octanol–water partition coefficient (Wildman–Crippen LogP) is 3.77. The van der Waals surface area contributed by atoms with Crippen LogP contribution in [0.4, 0.5) is 18.3 Å². The molecule has 27 heavy (non-hydrogen) atoms. The fraction of sp³-hybridized carbons (Fsp3) is 0.176. The lowest BCUT2D eigenvalue weighted by Gasteiger charge is -2.07. The van der Waals surface area contributed by atoms with Crippen molar-refractivity contribution >= 4 is 22.4 Å². The van der Waals surface area contributed by atoms with Crippen molar-refractivity contribution < 1.29 is 22.7 Å². The Morgan fingerprint density at radius 1 is 1.26 bits per heavy atom. The minimum atomic E-state index is -2.56. The number of hydrogen-bond acceptors (Lipinski definition) is 6. The van der Waals surface area contributed by atoms with Crippen LogP contribution in [0.25, 0.3) is 11.3 Å². The van der Waals surface area contributed by atoms with E-state index in [1.165, 1.54) is 23.6 Å². The van der Waals surface area contributed by atoms with Crippen LogP contribution in [-0.2, 0) is 11.3 Å². The summed E-state index contributed by atoms with van der Waals surface area (Å²) in [6.07, 6.45) is -0.0816. The number of amides is 1. The van der Waals surface area contributed by atoms with Crippen molar-refractivity contribution in [3.63, 3.8) is 0 Å². The Morgan fingerprint density at radius 3 is 2.85 bits per heavy atom. The summed E-state index contributed by atoms with van der Waals surface area (Å²) >= 11 is 1.17. The van der Waals surface area contributed by atoms with Gasteiger partial charge in [0.1, 0.15) is 18.1 Å². The molecule has 0 saturated carbocycles. The van der Waals surface area contributed by atoms with Gasteiger partial charge in [-0.05, 0) is 24.3 Å². The molecule has 0 unspecified atom stereocenters. The van der Waals surface area contributed by atoms with Crippen LogP contribution in [0.15, 0.2) is 42.0 Å². The Balaban J connectivity index is 1.72. The van der Waals surface area contributed by atoms with Crippen molar-refractivity contribution in [1.82, 2.24) is 15.0 Å². The summed E-state index contributed by atoms with van der Waals surface area (Å²) in [4.78, 5) is 24.3. The highest BCUT2D eigenvalue weighted by molar-refractivity contribution is 7.14. The molecule has 1 N–H and O–H groups in total. The molecule has 3 heterocycles. The molecule has 3 rings (SSSR count). The lowest BCUT2D eigenvalue weighted by Crippen LogP contribution is -2.13. The van der Waals surface area contributed by atoms with Gasteiger partial charge in [-0.15, -0.1) is 11.3 Å². The second-order valence-electron chi connectivity index (χ2n) is 5.26. The van der Waals surface area contributed by atoms with Crippen LogP contribution in [0.3, 0.4) is 0 Å². The van der Waals surface area contributed by atoms with Crippen LogP contribution in [0.5, 0.6) is 0 Å². The molecule has 1 amide bonds. The third-order valence-corrected chi connectivity index (χ3v) is 4.09. The number of carbonyl (C=O) groups is 1. The predicted molar refractivity (Wildman–Crippen MR) is 93.2 cm³/mol. The number of hydrogen-bond donors (Lipinski definition) is 1. The molecule has 0 radical (unpaired) electrons. The highest BCUT2D eigenvalue weighted by Crippen LogP contribution is 2.27. The van der Waals surface area contributed by atoms with Gasteiger partial charge in [-0.3, -0.25) is 15.1 Å². The third kappa shape index (κ3) is 5.08. The molecular formula is C17H13F3N4O2S. The van der Waals surface area contributed by atoms with Crippen molar-refractivity contribution in [2.75, 3.05) is 11.9 Å². The van der Waals surface area contributed by atoms with Gasteiger partial charge in [0.2, 0.25) is 0 Å². The van der Waals surface area contributed by atoms with E-state index < -0.39 is 24.8 Å². The van der Waals surface area contributed by atoms with Gasteiger partial charge in [0.15, 0.2) is 5.13 Å². The van der Waals surface area contributed by atoms with Crippen LogP contribution in [0.2, 0.25) is 0 Å². The number of anilines is 1. The first-order valence-corrected chi connectivity index (χ1v) is 8.59. The number of pyridine rings is 2. The Labute approximate surface area is 156 Å². The highest BCUT2D eigenvalue weighted by Gasteiger charge is 2.14. The topological polar surface area (TPSA) is 77.0 Å². The molecule has 0 aliphatic carbocycles. The number of nitrogens with zero attached hydrogens (tertiary/aromatic N) is 3. The van der Waals surface area contributed by atoms with E-state index >= 15 is 0 Å². The van der Waals surface area contributed by atoms with Crippen LogP contribution >= 0.6 is 11.3 Å². The highest BCUT2D eigenvalue weighted by atomic mass is 32.1. The Kier molecular flexibility index (Phi) is 6.09. The molecule has 0 fully saturated rings. The van der Waals surface area contributed by atoms with Crippen molar-refractivity contribution in [2.45, 2.75) is 13.0 Å². The quantitative estimate of drug-likeness (QED) is 0.660. The largest absolute Gasteiger partial charge is 0.369 e. The van der Waals surface area contributed by atoms with E-state index in [1.807, 2.05) is 0 Å². The average Bonchev–Trinajstić information content (AvgIpc) is 3.10. The van der Waals surface area contributed by atoms with Gasteiger partial charge in [0.25, 0.3) is 12.3 Å². The summed E-state index contributed by atoms with van der Waals surface area (Å²) < 4.78 is 42.3. The minimum Gasteiger partial charge on any atom is -0.369 e. The first-order valence-electron chi connectivity index (χ1n) is 7.71. The van der Waals surface area contributed by atoms with Crippen molar-refractivity contribution in [3.8, 4) is 11.3 Å². The number of ether oxygens (including phenoxy) is 1. The number of halogens is 3. The molecule has 3 aromatic heterocycles. The molecule has 0 aliphatic heterocycles. The number of alkyl halides is 2. The number of aromatic nitrogens is 3. The fourth-order valence-electron chi connectivity index (χ4n) is 2.16. The van der Waals surface area contributed by atoms with E-state index in [0.29, 0.717) is 22.1 Å². The molecule has 0 aromatic carbocycles. The minimum absolute atomic E-state index is 0.0515. The van der Waals surface area contributed by atoms with E-state index in [4.69, 9.17) is 4.74 Å². The monoisotopic (exact) mass is 394 g/mol. The smallest absolute Gasteiger partial charge is 0.276 e. The maximum absolute atomic E-state index is 12.9. The summed E-state index contributed by atoms with van der Waals surface area (Å²) in [5, 5.41) is 4.58. The normalized spacial score (nSPS) is 11.0. The summed E-state index contributed by atoms with van der Waals surface area (Å²) in [5.41, 5.74) is 1.65. The lowest BCUT2D eigenvalue weighted by molar-refractivity contribution is 0.00897. The van der Waals surface area contributed by atoms with Gasteiger partial charge in [0, 0.05) is 17.1 Å². The number of nitrogens with one attached hydrogen (secondary N) is 1. The lowest BCUT2D eigenvalue weighted by atomic mass is 10.1. The van der Waals surface area contributed by atoms with Gasteiger partial charge < -0.3 is 4.74 Å². The average molecular weight is 394 g/mol. The summed E-state index contributed by atoms with van der Waals surface area (Å²) in [7, 11) is 0. The SMILES string of the molecule is O=C(Nc1nc(-c2cccnc2COCC(F)F)cs1)c1ccc(F)cn1. The third-order valence-electron chi connectivity index (χ3n) is 3.33. The molecule has 0 spiro atoms. The van der Waals surface area contributed by atoms with Crippen LogP contribution in [0, 0.1) is 5.82 Å². The van der Waals surface area contributed by atoms with E-state index in [9.17, 15) is 18.0 Å². The second kappa shape index (κ2) is 8.69. The molecule has 0 bridgehead atoms. The summed E-state index contributed by atoms with van der Waals surface area (Å²) in [6, 6.07) is 5.82. The molecule has 0 atom stereocenters. The summed E-state index contributed by atoms with van der Waals surface area (Å²) in [5.74, 6) is -1.07. The van der Waals surface area contributed by atoms with Gasteiger partial charge in [0.05, 0.1) is 24.2 Å². The van der Waals surface area contributed by atoms with Crippen molar-refractivity contribution in [3.05, 3.63) is 59.2 Å². The maximum Gasteiger partial charge on any atom is 0.276 e. The molecule has 10 heteroatoms. The molecule has 3 aromatic rings. The zero-order valence-electron chi connectivity index (χ0n) is 13.7. The maximum atomic E-state index is 12.9. The van der Waals surface area contributed by atoms with Crippen LogP contribution < -0.4 is 5.32 Å². The van der Waals surface area contributed by atoms with Crippen molar-refractivity contribution in [1.29, 1.82) is 0 Å². The van der Waals surface area contributed by atoms with Crippen LogP contribution in [-0.4, -0.2) is 33.9 Å². The Bertz CT molecular complexity index is 919. The number of carbonyl (C=O) groups excluding carboxylic acids is 1. The fourth-order valence-corrected chi connectivity index (χ4v) is 2.86. The molecular weight excluding hydrogens is 381 g/mol. The molecule has 0 saturated heterocycles. The molecule has 0 aliphatic rings. The first kappa shape index (κ1) is 18.9. The van der Waals surface area contributed by atoms with Gasteiger partial charge in [-0.2, -0.15) is 0 Å². The molecule has 6 nitrogen and oxygen atoms in total. The van der Waals surface area contributed by atoms with Crippen molar-refractivity contribution in [2.24, 2.45) is 0 Å². The molecule has 140 valence electrons. The Hall–Kier alpha value is -2.85. The van der Waals surface area contributed by atoms with Gasteiger partial charge >= 0.3 is 0 Å². The first-order chi connectivity index (χ1) is 13.0. The Morgan fingerprint density at radius 2 is 2.11 bits per heavy atom. The summed E-state index contributed by atoms with van der Waals surface area (Å²) in [6.45, 7) is -0.766. The van der Waals surface area contributed by atoms with E-state index in [-0.39, 0.29) is 12.3 Å². The van der Waals surface area contributed by atoms with Gasteiger partial charge in [-0.1, -0.05) is 0 Å². The van der Waals surface area contributed by atoms with Crippen LogP contribution in [0.1, 0.15) is 16.2 Å².